The molecule has 2 atom stereocenters. The number of carbonyl (C=O) groups excluding carboxylic acids is 1. The first-order valence-corrected chi connectivity index (χ1v) is 7.36. The van der Waals surface area contributed by atoms with Crippen LogP contribution in [-0.4, -0.2) is 37.9 Å². The Kier molecular flexibility index (Phi) is 4.89. The Morgan fingerprint density at radius 3 is 2.67 bits per heavy atom. The molecule has 1 rings (SSSR count). The van der Waals surface area contributed by atoms with Crippen molar-refractivity contribution >= 4 is 22.4 Å². The Balaban J connectivity index is 2.59. The highest BCUT2D eigenvalue weighted by Gasteiger charge is 2.17. The third kappa shape index (κ3) is 3.32. The smallest absolute Gasteiger partial charge is 0.271 e. The first-order valence-electron chi connectivity index (χ1n) is 5.74. The number of rotatable bonds is 5. The van der Waals surface area contributed by atoms with Crippen LogP contribution in [0.1, 0.15) is 29.5 Å². The van der Waals surface area contributed by atoms with Crippen molar-refractivity contribution < 1.29 is 9.00 Å². The highest BCUT2D eigenvalue weighted by molar-refractivity contribution is 7.84. The normalized spacial score (nSPS) is 14.2. The molecule has 2 unspecified atom stereocenters. The molecule has 0 radical (unpaired) electrons. The van der Waals surface area contributed by atoms with Gasteiger partial charge in [0.05, 0.1) is 11.4 Å². The van der Waals surface area contributed by atoms with E-state index >= 15 is 0 Å². The molecule has 0 aliphatic rings. The number of amides is 1. The van der Waals surface area contributed by atoms with Crippen LogP contribution in [0.5, 0.6) is 0 Å². The maximum absolute atomic E-state index is 11.9. The predicted octanol–water partition coefficient (Wildman–Crippen LogP) is 0.198. The van der Waals surface area contributed by atoms with Gasteiger partial charge in [-0.2, -0.15) is 5.10 Å². The van der Waals surface area contributed by atoms with Crippen molar-refractivity contribution in [3.63, 3.8) is 0 Å². The Bertz CT molecular complexity index is 470. The number of anilines is 1. The highest BCUT2D eigenvalue weighted by atomic mass is 32.2. The van der Waals surface area contributed by atoms with Crippen LogP contribution in [0.3, 0.4) is 0 Å². The fraction of sp³-hybridized carbons (Fsp3) is 0.636. The average Bonchev–Trinajstić information content (AvgIpc) is 2.52. The number of nitrogens with one attached hydrogen (secondary N) is 1. The van der Waals surface area contributed by atoms with Gasteiger partial charge in [-0.1, -0.05) is 6.92 Å². The molecule has 0 saturated carbocycles. The zero-order valence-electron chi connectivity index (χ0n) is 11.2. The fourth-order valence-corrected chi connectivity index (χ4v) is 2.03. The van der Waals surface area contributed by atoms with Crippen molar-refractivity contribution in [3.8, 4) is 0 Å². The molecule has 0 spiro atoms. The van der Waals surface area contributed by atoms with E-state index in [-0.39, 0.29) is 11.2 Å². The lowest BCUT2D eigenvalue weighted by molar-refractivity contribution is 0.0945. The molecule has 1 aromatic heterocycles. The fourth-order valence-electron chi connectivity index (χ4n) is 1.58. The summed E-state index contributed by atoms with van der Waals surface area (Å²) in [5.74, 6) is -0.246. The first-order chi connectivity index (χ1) is 8.34. The molecule has 1 amide bonds. The topological polar surface area (TPSA) is 90.0 Å². The van der Waals surface area contributed by atoms with Gasteiger partial charge in [0.25, 0.3) is 5.91 Å². The largest absolute Gasteiger partial charge is 0.395 e. The molecular formula is C11H20N4O2S. The lowest BCUT2D eigenvalue weighted by Gasteiger charge is -2.09. The van der Waals surface area contributed by atoms with Gasteiger partial charge in [0, 0.05) is 35.9 Å². The Morgan fingerprint density at radius 1 is 1.61 bits per heavy atom. The molecule has 0 aliphatic heterocycles. The van der Waals surface area contributed by atoms with Crippen LogP contribution < -0.4 is 11.1 Å². The van der Waals surface area contributed by atoms with Crippen molar-refractivity contribution in [1.82, 2.24) is 15.1 Å². The van der Waals surface area contributed by atoms with Gasteiger partial charge in [-0.3, -0.25) is 13.7 Å². The van der Waals surface area contributed by atoms with E-state index in [1.54, 1.807) is 20.2 Å². The quantitative estimate of drug-likeness (QED) is 0.801. The van der Waals surface area contributed by atoms with E-state index in [1.165, 1.54) is 4.68 Å². The molecule has 7 heteroatoms. The van der Waals surface area contributed by atoms with Crippen LogP contribution in [-0.2, 0) is 17.8 Å². The molecule has 6 nitrogen and oxygen atoms in total. The van der Waals surface area contributed by atoms with Crippen LogP contribution in [0.4, 0.5) is 5.69 Å². The summed E-state index contributed by atoms with van der Waals surface area (Å²) in [5, 5.41) is 6.92. The SMILES string of the molecule is Cc1nn(C)c(C(=O)NCCC(C)S(C)=O)c1N. The minimum absolute atomic E-state index is 0.0657. The van der Waals surface area contributed by atoms with Gasteiger partial charge in [0.1, 0.15) is 5.69 Å². The summed E-state index contributed by atoms with van der Waals surface area (Å²) in [4.78, 5) is 11.9. The zero-order chi connectivity index (χ0) is 13.9. The number of carbonyl (C=O) groups is 1. The van der Waals surface area contributed by atoms with Crippen LogP contribution in [0.25, 0.3) is 0 Å². The second-order valence-corrected chi connectivity index (χ2v) is 6.13. The molecule has 0 bridgehead atoms. The Hall–Kier alpha value is -1.37. The van der Waals surface area contributed by atoms with Crippen molar-refractivity contribution in [3.05, 3.63) is 11.4 Å². The molecular weight excluding hydrogens is 252 g/mol. The van der Waals surface area contributed by atoms with E-state index < -0.39 is 10.8 Å². The monoisotopic (exact) mass is 272 g/mol. The highest BCUT2D eigenvalue weighted by Crippen LogP contribution is 2.14. The van der Waals surface area contributed by atoms with E-state index in [2.05, 4.69) is 10.4 Å². The average molecular weight is 272 g/mol. The molecule has 1 heterocycles. The summed E-state index contributed by atoms with van der Waals surface area (Å²) in [6.07, 6.45) is 2.33. The molecule has 0 aromatic carbocycles. The molecule has 0 aliphatic carbocycles. The van der Waals surface area contributed by atoms with Crippen molar-refractivity contribution in [1.29, 1.82) is 0 Å². The van der Waals surface area contributed by atoms with Gasteiger partial charge in [0.15, 0.2) is 0 Å². The summed E-state index contributed by atoms with van der Waals surface area (Å²) in [6.45, 7) is 4.13. The number of nitrogens with two attached hydrogens (primary N) is 1. The van der Waals surface area contributed by atoms with Crippen molar-refractivity contribution in [2.75, 3.05) is 18.5 Å². The minimum atomic E-state index is -0.868. The lowest BCUT2D eigenvalue weighted by Crippen LogP contribution is -2.29. The zero-order valence-corrected chi connectivity index (χ0v) is 12.0. The summed E-state index contributed by atoms with van der Waals surface area (Å²) >= 11 is 0. The molecule has 0 fully saturated rings. The van der Waals surface area contributed by atoms with E-state index in [0.717, 1.165) is 0 Å². The van der Waals surface area contributed by atoms with Gasteiger partial charge in [-0.05, 0) is 13.3 Å². The summed E-state index contributed by atoms with van der Waals surface area (Å²) in [7, 11) is 0.815. The Morgan fingerprint density at radius 2 is 2.22 bits per heavy atom. The molecule has 3 N–H and O–H groups in total. The van der Waals surface area contributed by atoms with Crippen LogP contribution in [0.2, 0.25) is 0 Å². The van der Waals surface area contributed by atoms with Crippen molar-refractivity contribution in [2.45, 2.75) is 25.5 Å². The standard InChI is InChI=1S/C11H20N4O2S/c1-7(18(4)17)5-6-13-11(16)10-9(12)8(2)14-15(10)3/h7H,5-6,12H2,1-4H3,(H,13,16). The second-order valence-electron chi connectivity index (χ2n) is 4.33. The van der Waals surface area contributed by atoms with Crippen molar-refractivity contribution in [2.24, 2.45) is 7.05 Å². The lowest BCUT2D eigenvalue weighted by atomic mass is 10.2. The minimum Gasteiger partial charge on any atom is -0.395 e. The van der Waals surface area contributed by atoms with Gasteiger partial charge in [-0.15, -0.1) is 0 Å². The van der Waals surface area contributed by atoms with E-state index in [0.29, 0.717) is 30.0 Å². The number of aromatic nitrogens is 2. The third-order valence-corrected chi connectivity index (χ3v) is 4.26. The first kappa shape index (κ1) is 14.7. The summed E-state index contributed by atoms with van der Waals surface area (Å²) in [6, 6.07) is 0. The van der Waals surface area contributed by atoms with E-state index in [1.807, 2.05) is 6.92 Å². The second kappa shape index (κ2) is 5.99. The third-order valence-electron chi connectivity index (χ3n) is 2.89. The van der Waals surface area contributed by atoms with E-state index in [4.69, 9.17) is 5.73 Å². The summed E-state index contributed by atoms with van der Waals surface area (Å²) in [5.41, 5.74) is 7.21. The number of nitrogens with zero attached hydrogens (tertiary/aromatic N) is 2. The number of aryl methyl sites for hydroxylation is 2. The number of hydrogen-bond acceptors (Lipinski definition) is 4. The number of nitrogen functional groups attached to an aromatic ring is 1. The van der Waals surface area contributed by atoms with Gasteiger partial charge in [-0.25, -0.2) is 0 Å². The maximum Gasteiger partial charge on any atom is 0.271 e. The van der Waals surface area contributed by atoms with Gasteiger partial charge >= 0.3 is 0 Å². The molecule has 1 aromatic rings. The van der Waals surface area contributed by atoms with Crippen LogP contribution in [0.15, 0.2) is 0 Å². The molecule has 102 valence electrons. The van der Waals surface area contributed by atoms with Gasteiger partial charge in [0.2, 0.25) is 0 Å². The van der Waals surface area contributed by atoms with E-state index in [9.17, 15) is 9.00 Å². The maximum atomic E-state index is 11.9. The Labute approximate surface area is 109 Å². The van der Waals surface area contributed by atoms with Crippen LogP contribution >= 0.6 is 0 Å². The van der Waals surface area contributed by atoms with Crippen LogP contribution in [0, 0.1) is 6.92 Å². The summed E-state index contributed by atoms with van der Waals surface area (Å²) < 4.78 is 12.6. The molecule has 18 heavy (non-hydrogen) atoms. The van der Waals surface area contributed by atoms with Gasteiger partial charge < -0.3 is 11.1 Å². The molecule has 0 saturated heterocycles. The predicted molar refractivity (Wildman–Crippen MR) is 72.8 cm³/mol. The number of hydrogen-bond donors (Lipinski definition) is 2.